The lowest BCUT2D eigenvalue weighted by Gasteiger charge is -2.42. The van der Waals surface area contributed by atoms with E-state index < -0.39 is 11.5 Å². The fourth-order valence-electron chi connectivity index (χ4n) is 1.69. The molecule has 14 heavy (non-hydrogen) atoms. The van der Waals surface area contributed by atoms with E-state index in [-0.39, 0.29) is 24.3 Å². The Labute approximate surface area is 82.4 Å². The van der Waals surface area contributed by atoms with E-state index in [0.29, 0.717) is 0 Å². The van der Waals surface area contributed by atoms with Crippen LogP contribution in [0.25, 0.3) is 0 Å². The quantitative estimate of drug-likeness (QED) is 0.474. The second-order valence-corrected chi connectivity index (χ2v) is 4.03. The summed E-state index contributed by atoms with van der Waals surface area (Å²) in [7, 11) is 1.29. The second-order valence-electron chi connectivity index (χ2n) is 4.03. The first-order valence-electron chi connectivity index (χ1n) is 4.46. The fraction of sp³-hybridized carbons (Fsp3) is 0.778. The van der Waals surface area contributed by atoms with E-state index in [1.807, 2.05) is 0 Å². The van der Waals surface area contributed by atoms with Gasteiger partial charge in [0.15, 0.2) is 0 Å². The van der Waals surface area contributed by atoms with E-state index in [9.17, 15) is 14.7 Å². The number of hydrogen-bond acceptors (Lipinski definition) is 4. The third-order valence-corrected chi connectivity index (χ3v) is 2.39. The van der Waals surface area contributed by atoms with Crippen LogP contribution in [0.4, 0.5) is 0 Å². The van der Waals surface area contributed by atoms with Crippen molar-refractivity contribution in [3.05, 3.63) is 0 Å². The molecule has 2 atom stereocenters. The minimum Gasteiger partial charge on any atom is -0.469 e. The van der Waals surface area contributed by atoms with E-state index >= 15 is 0 Å². The molecule has 0 bridgehead atoms. The van der Waals surface area contributed by atoms with Crippen LogP contribution in [0.5, 0.6) is 0 Å². The number of carbonyl (C=O) groups excluding carboxylic acids is 2. The van der Waals surface area contributed by atoms with Crippen molar-refractivity contribution in [2.75, 3.05) is 7.11 Å². The first kappa shape index (κ1) is 11.0. The predicted octanol–water partition coefficient (Wildman–Crippen LogP) is -0.565. The molecule has 5 heteroatoms. The maximum absolute atomic E-state index is 11.1. The molecule has 0 saturated carbocycles. The molecule has 1 amide bonds. The molecule has 1 fully saturated rings. The predicted molar refractivity (Wildman–Crippen MR) is 48.4 cm³/mol. The summed E-state index contributed by atoms with van der Waals surface area (Å²) in [6, 6.07) is -0.310. The average molecular weight is 201 g/mol. The van der Waals surface area contributed by atoms with Crippen molar-refractivity contribution < 1.29 is 19.4 Å². The maximum Gasteiger partial charge on any atom is 0.307 e. The molecule has 0 unspecified atom stereocenters. The van der Waals surface area contributed by atoms with Crippen molar-refractivity contribution >= 4 is 11.9 Å². The highest BCUT2D eigenvalue weighted by Gasteiger charge is 2.48. The largest absolute Gasteiger partial charge is 0.469 e. The van der Waals surface area contributed by atoms with Crippen molar-refractivity contribution in [1.29, 1.82) is 0 Å². The van der Waals surface area contributed by atoms with Gasteiger partial charge in [0.05, 0.1) is 31.1 Å². The minimum absolute atomic E-state index is 0.108. The molecule has 0 aliphatic carbocycles. The Bertz CT molecular complexity index is 256. The molecule has 80 valence electrons. The van der Waals surface area contributed by atoms with Crippen molar-refractivity contribution in [2.24, 2.45) is 5.92 Å². The maximum atomic E-state index is 11.1. The molecule has 1 rings (SSSR count). The van der Waals surface area contributed by atoms with Gasteiger partial charge in [0.25, 0.3) is 0 Å². The van der Waals surface area contributed by atoms with E-state index in [2.05, 4.69) is 10.1 Å². The molecule has 0 aromatic heterocycles. The van der Waals surface area contributed by atoms with Crippen LogP contribution < -0.4 is 5.32 Å². The van der Waals surface area contributed by atoms with Gasteiger partial charge in [0.2, 0.25) is 5.91 Å². The van der Waals surface area contributed by atoms with E-state index in [1.165, 1.54) is 7.11 Å². The Morgan fingerprint density at radius 1 is 1.64 bits per heavy atom. The van der Waals surface area contributed by atoms with Gasteiger partial charge in [-0.05, 0) is 13.8 Å². The molecule has 0 aromatic carbocycles. The van der Waals surface area contributed by atoms with E-state index in [0.717, 1.165) is 0 Å². The number of esters is 1. The summed E-state index contributed by atoms with van der Waals surface area (Å²) in [6.45, 7) is 3.11. The van der Waals surface area contributed by atoms with Gasteiger partial charge in [-0.1, -0.05) is 0 Å². The molecule has 1 saturated heterocycles. The zero-order valence-electron chi connectivity index (χ0n) is 8.53. The van der Waals surface area contributed by atoms with Gasteiger partial charge in [-0.3, -0.25) is 9.59 Å². The summed E-state index contributed by atoms with van der Waals surface area (Å²) >= 11 is 0. The average Bonchev–Trinajstić information content (AvgIpc) is 1.99. The van der Waals surface area contributed by atoms with Crippen LogP contribution in [0.2, 0.25) is 0 Å². The number of ether oxygens (including phenoxy) is 1. The number of aliphatic hydroxyl groups is 1. The summed E-state index contributed by atoms with van der Waals surface area (Å²) in [5.74, 6) is -1.13. The van der Waals surface area contributed by atoms with Crippen molar-refractivity contribution in [3.8, 4) is 0 Å². The second kappa shape index (κ2) is 3.57. The summed E-state index contributed by atoms with van der Waals surface area (Å²) < 4.78 is 4.48. The standard InChI is InChI=1S/C9H15NO4/c1-9(2,13)7-5(10-8(7)12)4-6(11)14-3/h5,7,13H,4H2,1-3H3,(H,10,12)/t5-,7-/m1/s1. The molecular weight excluding hydrogens is 186 g/mol. The van der Waals surface area contributed by atoms with Gasteiger partial charge in [-0.15, -0.1) is 0 Å². The Morgan fingerprint density at radius 3 is 2.57 bits per heavy atom. The fourth-order valence-corrected chi connectivity index (χ4v) is 1.69. The number of nitrogens with one attached hydrogen (secondary N) is 1. The first-order chi connectivity index (χ1) is 6.36. The Morgan fingerprint density at radius 2 is 2.21 bits per heavy atom. The molecule has 1 aliphatic rings. The molecule has 2 N–H and O–H groups in total. The van der Waals surface area contributed by atoms with E-state index in [1.54, 1.807) is 13.8 Å². The highest BCUT2D eigenvalue weighted by molar-refractivity contribution is 5.88. The molecule has 5 nitrogen and oxygen atoms in total. The monoisotopic (exact) mass is 201 g/mol. The molecule has 0 spiro atoms. The van der Waals surface area contributed by atoms with Crippen molar-refractivity contribution in [1.82, 2.24) is 5.32 Å². The number of methoxy groups -OCH3 is 1. The summed E-state index contributed by atoms with van der Waals surface area (Å²) in [6.07, 6.45) is 0.108. The van der Waals surface area contributed by atoms with Crippen LogP contribution in [0.3, 0.4) is 0 Å². The van der Waals surface area contributed by atoms with Gasteiger partial charge in [-0.2, -0.15) is 0 Å². The Balaban J connectivity index is 2.58. The van der Waals surface area contributed by atoms with Gasteiger partial charge in [-0.25, -0.2) is 0 Å². The summed E-state index contributed by atoms with van der Waals surface area (Å²) in [5, 5.41) is 12.2. The lowest BCUT2D eigenvalue weighted by atomic mass is 9.77. The highest BCUT2D eigenvalue weighted by Crippen LogP contribution is 2.29. The molecule has 1 heterocycles. The van der Waals surface area contributed by atoms with Gasteiger partial charge < -0.3 is 15.2 Å². The zero-order chi connectivity index (χ0) is 10.9. The van der Waals surface area contributed by atoms with Gasteiger partial charge in [0, 0.05) is 0 Å². The van der Waals surface area contributed by atoms with Gasteiger partial charge in [0.1, 0.15) is 0 Å². The zero-order valence-corrected chi connectivity index (χ0v) is 8.53. The molecular formula is C9H15NO4. The third kappa shape index (κ3) is 2.04. The van der Waals surface area contributed by atoms with Crippen LogP contribution >= 0.6 is 0 Å². The Hall–Kier alpha value is -1.10. The summed E-state index contributed by atoms with van der Waals surface area (Å²) in [5.41, 5.74) is -1.10. The summed E-state index contributed by atoms with van der Waals surface area (Å²) in [4.78, 5) is 22.1. The number of amides is 1. The number of hydrogen-bond donors (Lipinski definition) is 2. The lowest BCUT2D eigenvalue weighted by molar-refractivity contribution is -0.153. The molecule has 0 aromatic rings. The number of rotatable bonds is 3. The number of β-lactam (4-membered cyclic amide) rings is 1. The molecule has 1 aliphatic heterocycles. The van der Waals surface area contributed by atoms with E-state index in [4.69, 9.17) is 0 Å². The van der Waals surface area contributed by atoms with Crippen LogP contribution in [-0.4, -0.2) is 35.7 Å². The van der Waals surface area contributed by atoms with Crippen LogP contribution in [0, 0.1) is 5.92 Å². The lowest BCUT2D eigenvalue weighted by Crippen LogP contribution is -2.65. The smallest absolute Gasteiger partial charge is 0.307 e. The molecule has 0 radical (unpaired) electrons. The highest BCUT2D eigenvalue weighted by atomic mass is 16.5. The van der Waals surface area contributed by atoms with Crippen LogP contribution in [-0.2, 0) is 14.3 Å². The first-order valence-corrected chi connectivity index (χ1v) is 4.46. The minimum atomic E-state index is -1.10. The SMILES string of the molecule is COC(=O)C[C@H]1NC(=O)[C@@H]1C(C)(C)O. The normalized spacial score (nSPS) is 26.4. The van der Waals surface area contributed by atoms with Crippen LogP contribution in [0.1, 0.15) is 20.3 Å². The number of carbonyl (C=O) groups is 2. The third-order valence-electron chi connectivity index (χ3n) is 2.39. The van der Waals surface area contributed by atoms with Gasteiger partial charge >= 0.3 is 5.97 Å². The van der Waals surface area contributed by atoms with Crippen LogP contribution in [0.15, 0.2) is 0 Å². The van der Waals surface area contributed by atoms with Crippen molar-refractivity contribution in [2.45, 2.75) is 31.9 Å². The van der Waals surface area contributed by atoms with Crippen molar-refractivity contribution in [3.63, 3.8) is 0 Å². The topological polar surface area (TPSA) is 75.6 Å². The Kier molecular flexibility index (Phi) is 2.80.